The van der Waals surface area contributed by atoms with Gasteiger partial charge in [-0.05, 0) is 37.6 Å². The van der Waals surface area contributed by atoms with Gasteiger partial charge in [-0.2, -0.15) is 0 Å². The molecule has 0 aromatic heterocycles. The molecule has 0 radical (unpaired) electrons. The van der Waals surface area contributed by atoms with Crippen LogP contribution in [0.5, 0.6) is 5.75 Å². The normalized spacial score (nSPS) is 11.1. The zero-order valence-corrected chi connectivity index (χ0v) is 9.91. The van der Waals surface area contributed by atoms with Crippen molar-refractivity contribution < 1.29 is 9.53 Å². The zero-order chi connectivity index (χ0) is 12.0. The SMILES string of the molecule is CCC(C)=CC(=O)Nc1ccc(OC)cc1. The average molecular weight is 219 g/mol. The minimum atomic E-state index is -0.0930. The molecule has 3 nitrogen and oxygen atoms in total. The molecule has 1 aromatic rings. The first kappa shape index (κ1) is 12.3. The molecule has 0 aliphatic heterocycles. The number of hydrogen-bond acceptors (Lipinski definition) is 2. The molecule has 16 heavy (non-hydrogen) atoms. The van der Waals surface area contributed by atoms with Crippen molar-refractivity contribution in [2.45, 2.75) is 20.3 Å². The van der Waals surface area contributed by atoms with Crippen LogP contribution in [0.2, 0.25) is 0 Å². The Bertz CT molecular complexity index is 379. The molecule has 1 N–H and O–H groups in total. The van der Waals surface area contributed by atoms with Crippen molar-refractivity contribution in [3.05, 3.63) is 35.9 Å². The topological polar surface area (TPSA) is 38.3 Å². The first-order valence-electron chi connectivity index (χ1n) is 5.28. The van der Waals surface area contributed by atoms with Gasteiger partial charge in [-0.25, -0.2) is 0 Å². The van der Waals surface area contributed by atoms with E-state index in [-0.39, 0.29) is 5.91 Å². The molecule has 3 heteroatoms. The number of benzene rings is 1. The molecule has 0 atom stereocenters. The first-order chi connectivity index (χ1) is 7.65. The Hall–Kier alpha value is -1.77. The number of carbonyl (C=O) groups is 1. The van der Waals surface area contributed by atoms with Crippen molar-refractivity contribution in [1.29, 1.82) is 0 Å². The van der Waals surface area contributed by atoms with Crippen molar-refractivity contribution in [3.8, 4) is 5.75 Å². The van der Waals surface area contributed by atoms with E-state index in [1.165, 1.54) is 0 Å². The third kappa shape index (κ3) is 3.77. The van der Waals surface area contributed by atoms with E-state index in [4.69, 9.17) is 4.74 Å². The van der Waals surface area contributed by atoms with Crippen molar-refractivity contribution in [3.63, 3.8) is 0 Å². The van der Waals surface area contributed by atoms with Gasteiger partial charge >= 0.3 is 0 Å². The van der Waals surface area contributed by atoms with E-state index < -0.39 is 0 Å². The summed E-state index contributed by atoms with van der Waals surface area (Å²) in [7, 11) is 1.61. The number of methoxy groups -OCH3 is 1. The Morgan fingerprint density at radius 1 is 1.38 bits per heavy atom. The van der Waals surface area contributed by atoms with Crippen LogP contribution >= 0.6 is 0 Å². The van der Waals surface area contributed by atoms with Crippen LogP contribution in [0.1, 0.15) is 20.3 Å². The summed E-state index contributed by atoms with van der Waals surface area (Å²) in [6.45, 7) is 3.96. The molecule has 0 unspecified atom stereocenters. The number of nitrogens with one attached hydrogen (secondary N) is 1. The van der Waals surface area contributed by atoms with Crippen molar-refractivity contribution >= 4 is 11.6 Å². The van der Waals surface area contributed by atoms with Gasteiger partial charge in [0.25, 0.3) is 0 Å². The molecule has 0 heterocycles. The maximum Gasteiger partial charge on any atom is 0.248 e. The Kier molecular flexibility index (Phi) is 4.58. The van der Waals surface area contributed by atoms with Crippen molar-refractivity contribution in [2.24, 2.45) is 0 Å². The number of hydrogen-bond donors (Lipinski definition) is 1. The molecule has 1 aromatic carbocycles. The van der Waals surface area contributed by atoms with Crippen LogP contribution in [0.15, 0.2) is 35.9 Å². The van der Waals surface area contributed by atoms with E-state index in [2.05, 4.69) is 5.32 Å². The van der Waals surface area contributed by atoms with Gasteiger partial charge in [0.1, 0.15) is 5.75 Å². The van der Waals surface area contributed by atoms with Crippen molar-refractivity contribution in [1.82, 2.24) is 0 Å². The molecule has 0 spiro atoms. The molecule has 0 aliphatic rings. The highest BCUT2D eigenvalue weighted by Crippen LogP contribution is 2.15. The van der Waals surface area contributed by atoms with Gasteiger partial charge in [0.15, 0.2) is 0 Å². The van der Waals surface area contributed by atoms with Gasteiger partial charge in [-0.1, -0.05) is 12.5 Å². The Morgan fingerprint density at radius 3 is 2.50 bits per heavy atom. The van der Waals surface area contributed by atoms with Crippen LogP contribution in [0.4, 0.5) is 5.69 Å². The summed E-state index contributed by atoms with van der Waals surface area (Å²) in [6, 6.07) is 7.25. The second-order valence-electron chi connectivity index (χ2n) is 3.56. The maximum absolute atomic E-state index is 11.5. The van der Waals surface area contributed by atoms with Gasteiger partial charge in [0, 0.05) is 11.8 Å². The number of carbonyl (C=O) groups excluding carboxylic acids is 1. The molecule has 86 valence electrons. The lowest BCUT2D eigenvalue weighted by Gasteiger charge is -2.04. The summed E-state index contributed by atoms with van der Waals surface area (Å²) >= 11 is 0. The number of rotatable bonds is 4. The fourth-order valence-electron chi connectivity index (χ4n) is 1.18. The Balaban J connectivity index is 2.63. The van der Waals surface area contributed by atoms with Gasteiger partial charge in [0.2, 0.25) is 5.91 Å². The molecular weight excluding hydrogens is 202 g/mol. The summed E-state index contributed by atoms with van der Waals surface area (Å²) in [6.07, 6.45) is 2.50. The number of ether oxygens (including phenoxy) is 1. The quantitative estimate of drug-likeness (QED) is 0.790. The lowest BCUT2D eigenvalue weighted by atomic mass is 10.2. The van der Waals surface area contributed by atoms with Crippen LogP contribution in [-0.2, 0) is 4.79 Å². The van der Waals surface area contributed by atoms with E-state index in [9.17, 15) is 4.79 Å². The highest BCUT2D eigenvalue weighted by molar-refractivity contribution is 5.99. The van der Waals surface area contributed by atoms with Gasteiger partial charge in [-0.15, -0.1) is 0 Å². The summed E-state index contributed by atoms with van der Waals surface area (Å²) < 4.78 is 5.03. The van der Waals surface area contributed by atoms with Gasteiger partial charge in [0.05, 0.1) is 7.11 Å². The van der Waals surface area contributed by atoms with E-state index >= 15 is 0 Å². The number of amides is 1. The summed E-state index contributed by atoms with van der Waals surface area (Å²) in [5.41, 5.74) is 1.83. The molecule has 0 saturated heterocycles. The highest BCUT2D eigenvalue weighted by atomic mass is 16.5. The van der Waals surface area contributed by atoms with Crippen LogP contribution in [0.3, 0.4) is 0 Å². The predicted molar refractivity (Wildman–Crippen MR) is 65.7 cm³/mol. The molecule has 1 rings (SSSR count). The van der Waals surface area contributed by atoms with E-state index in [0.717, 1.165) is 23.4 Å². The van der Waals surface area contributed by atoms with Crippen LogP contribution in [0.25, 0.3) is 0 Å². The molecule has 0 bridgehead atoms. The second-order valence-corrected chi connectivity index (χ2v) is 3.56. The summed E-state index contributed by atoms with van der Waals surface area (Å²) in [5, 5.41) is 2.79. The summed E-state index contributed by atoms with van der Waals surface area (Å²) in [4.78, 5) is 11.5. The number of allylic oxidation sites excluding steroid dienone is 1. The molecular formula is C13H17NO2. The molecule has 0 saturated carbocycles. The predicted octanol–water partition coefficient (Wildman–Crippen LogP) is 2.99. The van der Waals surface area contributed by atoms with E-state index in [0.29, 0.717) is 0 Å². The molecule has 0 fully saturated rings. The lowest BCUT2D eigenvalue weighted by Crippen LogP contribution is -2.08. The minimum absolute atomic E-state index is 0.0930. The lowest BCUT2D eigenvalue weighted by molar-refractivity contribution is -0.112. The maximum atomic E-state index is 11.5. The fraction of sp³-hybridized carbons (Fsp3) is 0.308. The van der Waals surface area contributed by atoms with Crippen LogP contribution in [-0.4, -0.2) is 13.0 Å². The van der Waals surface area contributed by atoms with E-state index in [1.807, 2.05) is 38.1 Å². The average Bonchev–Trinajstić information content (AvgIpc) is 2.29. The largest absolute Gasteiger partial charge is 0.497 e. The third-order valence-corrected chi connectivity index (χ3v) is 2.29. The smallest absolute Gasteiger partial charge is 0.248 e. The van der Waals surface area contributed by atoms with Gasteiger partial charge in [-0.3, -0.25) is 4.79 Å². The van der Waals surface area contributed by atoms with E-state index in [1.54, 1.807) is 13.2 Å². The zero-order valence-electron chi connectivity index (χ0n) is 9.91. The number of anilines is 1. The monoisotopic (exact) mass is 219 g/mol. The Morgan fingerprint density at radius 2 is 2.00 bits per heavy atom. The standard InChI is InChI=1S/C13H17NO2/c1-4-10(2)9-13(15)14-11-5-7-12(16-3)8-6-11/h5-9H,4H2,1-3H3,(H,14,15). The molecule has 0 aliphatic carbocycles. The highest BCUT2D eigenvalue weighted by Gasteiger charge is 1.99. The van der Waals surface area contributed by atoms with Crippen LogP contribution < -0.4 is 10.1 Å². The minimum Gasteiger partial charge on any atom is -0.497 e. The van der Waals surface area contributed by atoms with Crippen molar-refractivity contribution in [2.75, 3.05) is 12.4 Å². The van der Waals surface area contributed by atoms with Crippen LogP contribution in [0, 0.1) is 0 Å². The first-order valence-corrected chi connectivity index (χ1v) is 5.28. The second kappa shape index (κ2) is 5.95. The van der Waals surface area contributed by atoms with Gasteiger partial charge < -0.3 is 10.1 Å². The Labute approximate surface area is 96.1 Å². The molecule has 1 amide bonds. The fourth-order valence-corrected chi connectivity index (χ4v) is 1.18. The third-order valence-electron chi connectivity index (χ3n) is 2.29. The summed E-state index contributed by atoms with van der Waals surface area (Å²) in [5.74, 6) is 0.683.